The SMILES string of the molecule is O=C(NCc1cc(Cn2cccn2)cs1)C(O)[C@@H](O)C(=O)N1Cc2ccccc2C1. The molecule has 30 heavy (non-hydrogen) atoms. The zero-order valence-corrected chi connectivity index (χ0v) is 17.0. The number of benzene rings is 1. The van der Waals surface area contributed by atoms with E-state index in [4.69, 9.17) is 0 Å². The highest BCUT2D eigenvalue weighted by atomic mass is 32.1. The molecule has 2 amide bonds. The largest absolute Gasteiger partial charge is 0.380 e. The first kappa shape index (κ1) is 20.3. The van der Waals surface area contributed by atoms with Gasteiger partial charge < -0.3 is 20.4 Å². The Morgan fingerprint density at radius 2 is 1.87 bits per heavy atom. The predicted octanol–water partition coefficient (Wildman–Crippen LogP) is 0.873. The van der Waals surface area contributed by atoms with E-state index in [2.05, 4.69) is 10.4 Å². The van der Waals surface area contributed by atoms with E-state index in [1.807, 2.05) is 48.0 Å². The lowest BCUT2D eigenvalue weighted by molar-refractivity contribution is -0.153. The molecule has 0 spiro atoms. The van der Waals surface area contributed by atoms with Crippen LogP contribution in [-0.2, 0) is 35.8 Å². The van der Waals surface area contributed by atoms with E-state index in [0.29, 0.717) is 19.6 Å². The average molecular weight is 426 g/mol. The fourth-order valence-corrected chi connectivity index (χ4v) is 4.24. The van der Waals surface area contributed by atoms with Gasteiger partial charge >= 0.3 is 0 Å². The van der Waals surface area contributed by atoms with Crippen molar-refractivity contribution < 1.29 is 19.8 Å². The number of aliphatic hydroxyl groups excluding tert-OH is 2. The molecule has 1 aliphatic rings. The van der Waals surface area contributed by atoms with Crippen molar-refractivity contribution >= 4 is 23.2 Å². The second-order valence-corrected chi connectivity index (χ2v) is 8.19. The quantitative estimate of drug-likeness (QED) is 0.520. The molecule has 0 saturated carbocycles. The number of thiophene rings is 1. The van der Waals surface area contributed by atoms with Crippen molar-refractivity contribution in [3.05, 3.63) is 75.7 Å². The van der Waals surface area contributed by atoms with Crippen LogP contribution in [0.1, 0.15) is 21.6 Å². The summed E-state index contributed by atoms with van der Waals surface area (Å²) in [7, 11) is 0. The van der Waals surface area contributed by atoms with Gasteiger partial charge in [-0.15, -0.1) is 11.3 Å². The monoisotopic (exact) mass is 426 g/mol. The van der Waals surface area contributed by atoms with Gasteiger partial charge in [-0.1, -0.05) is 24.3 Å². The highest BCUT2D eigenvalue weighted by Crippen LogP contribution is 2.23. The summed E-state index contributed by atoms with van der Waals surface area (Å²) in [6, 6.07) is 11.4. The van der Waals surface area contributed by atoms with Gasteiger partial charge in [0.05, 0.1) is 13.1 Å². The zero-order chi connectivity index (χ0) is 21.1. The van der Waals surface area contributed by atoms with E-state index >= 15 is 0 Å². The second-order valence-electron chi connectivity index (χ2n) is 7.20. The number of hydrogen-bond donors (Lipinski definition) is 3. The number of fused-ring (bicyclic) bond motifs is 1. The number of nitrogens with zero attached hydrogens (tertiary/aromatic N) is 3. The van der Waals surface area contributed by atoms with Crippen molar-refractivity contribution in [2.24, 2.45) is 0 Å². The van der Waals surface area contributed by atoms with Gasteiger partial charge in [0.15, 0.2) is 12.2 Å². The number of carbonyl (C=O) groups excluding carboxylic acids is 2. The van der Waals surface area contributed by atoms with Crippen LogP contribution in [0.5, 0.6) is 0 Å². The number of carbonyl (C=O) groups is 2. The van der Waals surface area contributed by atoms with Crippen molar-refractivity contribution in [3.63, 3.8) is 0 Å². The molecule has 3 N–H and O–H groups in total. The first-order valence-corrected chi connectivity index (χ1v) is 10.4. The maximum Gasteiger partial charge on any atom is 0.255 e. The van der Waals surface area contributed by atoms with Crippen LogP contribution in [0, 0.1) is 0 Å². The van der Waals surface area contributed by atoms with Crippen LogP contribution in [0.2, 0.25) is 0 Å². The average Bonchev–Trinajstić information content (AvgIpc) is 3.51. The molecule has 2 atom stereocenters. The molecule has 8 nitrogen and oxygen atoms in total. The van der Waals surface area contributed by atoms with E-state index in [1.54, 1.807) is 10.9 Å². The third-order valence-electron chi connectivity index (χ3n) is 5.02. The van der Waals surface area contributed by atoms with Crippen molar-refractivity contribution in [2.75, 3.05) is 0 Å². The highest BCUT2D eigenvalue weighted by molar-refractivity contribution is 7.10. The molecule has 156 valence electrons. The van der Waals surface area contributed by atoms with Gasteiger partial charge in [-0.05, 0) is 34.2 Å². The summed E-state index contributed by atoms with van der Waals surface area (Å²) in [5.41, 5.74) is 3.05. The van der Waals surface area contributed by atoms with Crippen LogP contribution < -0.4 is 5.32 Å². The Hall–Kier alpha value is -3.01. The van der Waals surface area contributed by atoms with Crippen molar-refractivity contribution in [3.8, 4) is 0 Å². The molecule has 0 saturated heterocycles. The van der Waals surface area contributed by atoms with Crippen molar-refractivity contribution in [1.82, 2.24) is 20.0 Å². The molecular formula is C21H22N4O4S. The van der Waals surface area contributed by atoms with Gasteiger partial charge in [-0.25, -0.2) is 0 Å². The molecule has 3 aromatic rings. The Balaban J connectivity index is 1.28. The Kier molecular flexibility index (Phi) is 5.93. The number of hydrogen-bond acceptors (Lipinski definition) is 6. The van der Waals surface area contributed by atoms with E-state index < -0.39 is 24.0 Å². The number of amides is 2. The van der Waals surface area contributed by atoms with Crippen LogP contribution in [-0.4, -0.2) is 48.9 Å². The maximum atomic E-state index is 12.5. The lowest BCUT2D eigenvalue weighted by Gasteiger charge is -2.22. The Morgan fingerprint density at radius 1 is 1.13 bits per heavy atom. The Bertz CT molecular complexity index is 1010. The van der Waals surface area contributed by atoms with Crippen LogP contribution in [0.25, 0.3) is 0 Å². The number of aromatic nitrogens is 2. The number of nitrogens with one attached hydrogen (secondary N) is 1. The van der Waals surface area contributed by atoms with Gasteiger partial charge in [0.1, 0.15) is 0 Å². The lowest BCUT2D eigenvalue weighted by Crippen LogP contribution is -2.49. The summed E-state index contributed by atoms with van der Waals surface area (Å²) in [6.45, 7) is 1.55. The Morgan fingerprint density at radius 3 is 2.53 bits per heavy atom. The summed E-state index contributed by atoms with van der Waals surface area (Å²) in [5, 5.41) is 29.1. The topological polar surface area (TPSA) is 108 Å². The first-order chi connectivity index (χ1) is 14.5. The standard InChI is InChI=1S/C21H22N4O4S/c26-18(19(27)21(29)24-11-15-4-1-2-5-16(15)12-24)20(28)22-9-17-8-14(13-30-17)10-25-7-3-6-23-25/h1-8,13,18-19,26-27H,9-12H2,(H,22,28)/t18?,19-/m1/s1. The number of aliphatic hydroxyl groups is 2. The molecule has 1 aromatic carbocycles. The Labute approximate surface area is 177 Å². The highest BCUT2D eigenvalue weighted by Gasteiger charge is 2.35. The summed E-state index contributed by atoms with van der Waals surface area (Å²) in [6.07, 6.45) is -0.0579. The van der Waals surface area contributed by atoms with E-state index in [9.17, 15) is 19.8 Å². The molecular weight excluding hydrogens is 404 g/mol. The maximum absolute atomic E-state index is 12.5. The molecule has 0 fully saturated rings. The molecule has 2 aromatic heterocycles. The summed E-state index contributed by atoms with van der Waals surface area (Å²) >= 11 is 1.48. The molecule has 1 unspecified atom stereocenters. The minimum Gasteiger partial charge on any atom is -0.380 e. The van der Waals surface area contributed by atoms with Crippen LogP contribution >= 0.6 is 11.3 Å². The third-order valence-corrected chi connectivity index (χ3v) is 6.01. The molecule has 9 heteroatoms. The first-order valence-electron chi connectivity index (χ1n) is 9.54. The molecule has 0 bridgehead atoms. The minimum absolute atomic E-state index is 0.204. The molecule has 3 heterocycles. The smallest absolute Gasteiger partial charge is 0.255 e. The summed E-state index contributed by atoms with van der Waals surface area (Å²) < 4.78 is 1.80. The van der Waals surface area contributed by atoms with Gasteiger partial charge in [0, 0.05) is 30.4 Å². The van der Waals surface area contributed by atoms with Gasteiger partial charge in [0.2, 0.25) is 0 Å². The van der Waals surface area contributed by atoms with Crippen molar-refractivity contribution in [2.45, 2.75) is 38.4 Å². The normalized spacial score (nSPS) is 14.9. The van der Waals surface area contributed by atoms with E-state index in [-0.39, 0.29) is 6.54 Å². The summed E-state index contributed by atoms with van der Waals surface area (Å²) in [5.74, 6) is -1.44. The fourth-order valence-electron chi connectivity index (χ4n) is 3.42. The lowest BCUT2D eigenvalue weighted by atomic mass is 10.1. The van der Waals surface area contributed by atoms with Gasteiger partial charge in [0.25, 0.3) is 11.8 Å². The number of rotatable bonds is 7. The van der Waals surface area contributed by atoms with Crippen molar-refractivity contribution in [1.29, 1.82) is 0 Å². The second kappa shape index (κ2) is 8.78. The summed E-state index contributed by atoms with van der Waals surface area (Å²) in [4.78, 5) is 27.1. The van der Waals surface area contributed by atoms with E-state index in [0.717, 1.165) is 21.6 Å². The predicted molar refractivity (Wildman–Crippen MR) is 110 cm³/mol. The fraction of sp³-hybridized carbons (Fsp3) is 0.286. The van der Waals surface area contributed by atoms with Gasteiger partial charge in [-0.3, -0.25) is 14.3 Å². The molecule has 0 radical (unpaired) electrons. The molecule has 4 rings (SSSR count). The van der Waals surface area contributed by atoms with Gasteiger partial charge in [-0.2, -0.15) is 5.10 Å². The zero-order valence-electron chi connectivity index (χ0n) is 16.1. The van der Waals surface area contributed by atoms with Crippen LogP contribution in [0.3, 0.4) is 0 Å². The third kappa shape index (κ3) is 4.43. The molecule has 1 aliphatic heterocycles. The van der Waals surface area contributed by atoms with E-state index in [1.165, 1.54) is 16.2 Å². The van der Waals surface area contributed by atoms with Crippen LogP contribution in [0.4, 0.5) is 0 Å². The molecule has 0 aliphatic carbocycles. The minimum atomic E-state index is -1.83. The van der Waals surface area contributed by atoms with Crippen LogP contribution in [0.15, 0.2) is 54.2 Å².